The minimum atomic E-state index is -0.646. The maximum Gasteiger partial charge on any atom is 0.261 e. The minimum Gasteiger partial charge on any atom is -0.483 e. The highest BCUT2D eigenvalue weighted by atomic mass is 79.9. The van der Waals surface area contributed by atoms with Crippen molar-refractivity contribution >= 4 is 55.3 Å². The molecule has 0 aliphatic heterocycles. The minimum absolute atomic E-state index is 0.195. The Balaban J connectivity index is 2.15. The first-order valence-corrected chi connectivity index (χ1v) is 11.5. The predicted octanol–water partition coefficient (Wildman–Crippen LogP) is 5.43. The topological polar surface area (TPSA) is 58.6 Å². The number of carbonyl (C=O) groups excluding carboxylic acids is 2. The fourth-order valence-electron chi connectivity index (χ4n) is 2.68. The molecule has 0 bridgehead atoms. The highest BCUT2D eigenvalue weighted by Crippen LogP contribution is 2.28. The number of amides is 2. The van der Waals surface area contributed by atoms with Crippen molar-refractivity contribution in [1.29, 1.82) is 0 Å². The van der Waals surface area contributed by atoms with E-state index >= 15 is 0 Å². The molecule has 0 spiro atoms. The van der Waals surface area contributed by atoms with Crippen LogP contribution < -0.4 is 10.1 Å². The van der Waals surface area contributed by atoms with Crippen molar-refractivity contribution in [2.45, 2.75) is 33.4 Å². The van der Waals surface area contributed by atoms with Gasteiger partial charge in [-0.2, -0.15) is 0 Å². The van der Waals surface area contributed by atoms with Crippen molar-refractivity contribution in [1.82, 2.24) is 10.2 Å². The number of nitrogens with one attached hydrogen (secondary N) is 1. The lowest BCUT2D eigenvalue weighted by Crippen LogP contribution is -2.49. The molecule has 2 rings (SSSR count). The monoisotopic (exact) mass is 558 g/mol. The average Bonchev–Trinajstić information content (AvgIpc) is 2.68. The van der Waals surface area contributed by atoms with Gasteiger partial charge in [-0.3, -0.25) is 9.59 Å². The molecule has 30 heavy (non-hydrogen) atoms. The molecule has 1 N–H and O–H groups in total. The fraction of sp³-hybridized carbons (Fsp3) is 0.364. The zero-order chi connectivity index (χ0) is 22.3. The van der Waals surface area contributed by atoms with E-state index in [0.29, 0.717) is 34.3 Å². The number of hydrogen-bond acceptors (Lipinski definition) is 3. The van der Waals surface area contributed by atoms with Gasteiger partial charge < -0.3 is 15.0 Å². The van der Waals surface area contributed by atoms with Gasteiger partial charge in [0.05, 0.1) is 4.47 Å². The maximum atomic E-state index is 13.0. The molecule has 0 radical (unpaired) electrons. The molecule has 0 saturated carbocycles. The van der Waals surface area contributed by atoms with Crippen LogP contribution >= 0.6 is 43.5 Å². The normalized spacial score (nSPS) is 11.8. The Morgan fingerprint density at radius 2 is 1.87 bits per heavy atom. The van der Waals surface area contributed by atoms with E-state index < -0.39 is 6.04 Å². The summed E-state index contributed by atoms with van der Waals surface area (Å²) in [5.74, 6) is 0.344. The zero-order valence-corrected chi connectivity index (χ0v) is 21.1. The van der Waals surface area contributed by atoms with Crippen LogP contribution in [0, 0.1) is 5.92 Å². The fourth-order valence-corrected chi connectivity index (χ4v) is 3.93. The lowest BCUT2D eigenvalue weighted by Gasteiger charge is -2.29. The highest BCUT2D eigenvalue weighted by molar-refractivity contribution is 9.10. The molecule has 5 nitrogen and oxygen atoms in total. The molecule has 0 aliphatic rings. The van der Waals surface area contributed by atoms with Crippen molar-refractivity contribution in [2.24, 2.45) is 5.92 Å². The molecule has 0 fully saturated rings. The molecule has 2 amide bonds. The quantitative estimate of drug-likeness (QED) is 0.445. The van der Waals surface area contributed by atoms with Crippen molar-refractivity contribution in [2.75, 3.05) is 13.2 Å². The van der Waals surface area contributed by atoms with E-state index in [1.807, 2.05) is 38.1 Å². The average molecular weight is 561 g/mol. The first-order chi connectivity index (χ1) is 14.2. The molecule has 2 aromatic rings. The van der Waals surface area contributed by atoms with Crippen molar-refractivity contribution < 1.29 is 14.3 Å². The van der Waals surface area contributed by atoms with Crippen LogP contribution in [0.25, 0.3) is 0 Å². The summed E-state index contributed by atoms with van der Waals surface area (Å²) in [6, 6.07) is 12.1. The van der Waals surface area contributed by atoms with Gasteiger partial charge in [-0.15, -0.1) is 0 Å². The van der Waals surface area contributed by atoms with Crippen LogP contribution in [0.2, 0.25) is 5.02 Å². The highest BCUT2D eigenvalue weighted by Gasteiger charge is 2.26. The van der Waals surface area contributed by atoms with Crippen LogP contribution in [0.3, 0.4) is 0 Å². The molecular weight excluding hydrogens is 536 g/mol. The Morgan fingerprint density at radius 3 is 2.50 bits per heavy atom. The van der Waals surface area contributed by atoms with Crippen LogP contribution in [0.1, 0.15) is 26.3 Å². The number of benzene rings is 2. The van der Waals surface area contributed by atoms with Gasteiger partial charge in [-0.1, -0.05) is 53.5 Å². The summed E-state index contributed by atoms with van der Waals surface area (Å²) in [7, 11) is 0. The Kier molecular flexibility index (Phi) is 9.65. The Hall–Kier alpha value is -1.57. The lowest BCUT2D eigenvalue weighted by molar-refractivity contribution is -0.142. The second-order valence-electron chi connectivity index (χ2n) is 7.33. The maximum absolute atomic E-state index is 13.0. The third-order valence-corrected chi connectivity index (χ3v) is 5.69. The summed E-state index contributed by atoms with van der Waals surface area (Å²) in [6.45, 7) is 6.41. The largest absolute Gasteiger partial charge is 0.483 e. The number of hydrogen-bond donors (Lipinski definition) is 1. The summed E-state index contributed by atoms with van der Waals surface area (Å²) >= 11 is 12.8. The summed E-state index contributed by atoms with van der Waals surface area (Å²) in [4.78, 5) is 27.2. The molecule has 0 aliphatic carbocycles. The van der Waals surface area contributed by atoms with Crippen LogP contribution in [-0.4, -0.2) is 35.9 Å². The molecule has 0 unspecified atom stereocenters. The molecule has 0 saturated heterocycles. The third-order valence-electron chi connectivity index (χ3n) is 4.34. The molecule has 1 atom stereocenters. The number of nitrogens with zero attached hydrogens (tertiary/aromatic N) is 1. The van der Waals surface area contributed by atoms with E-state index in [1.165, 1.54) is 4.90 Å². The molecule has 0 aromatic heterocycles. The third kappa shape index (κ3) is 7.60. The molecular formula is C22H25Br2ClN2O3. The second-order valence-corrected chi connectivity index (χ2v) is 9.54. The number of halogens is 3. The van der Waals surface area contributed by atoms with Crippen molar-refractivity contribution in [3.63, 3.8) is 0 Å². The van der Waals surface area contributed by atoms with E-state index in [9.17, 15) is 9.59 Å². The Morgan fingerprint density at radius 1 is 1.13 bits per heavy atom. The van der Waals surface area contributed by atoms with E-state index in [4.69, 9.17) is 16.3 Å². The Labute approximate surface area is 199 Å². The van der Waals surface area contributed by atoms with Gasteiger partial charge in [0.15, 0.2) is 6.61 Å². The number of rotatable bonds is 9. The SMILES string of the molecule is CC(C)CNC(=O)[C@@H](C)N(Cc1cccc(Br)c1)C(=O)COc1ccc(Cl)cc1Br. The number of ether oxygens (including phenoxy) is 1. The second kappa shape index (κ2) is 11.7. The summed E-state index contributed by atoms with van der Waals surface area (Å²) in [5, 5.41) is 3.46. The van der Waals surface area contributed by atoms with E-state index in [2.05, 4.69) is 37.2 Å². The van der Waals surface area contributed by atoms with Crippen LogP contribution in [0.4, 0.5) is 0 Å². The zero-order valence-electron chi connectivity index (χ0n) is 17.1. The van der Waals surface area contributed by atoms with Gasteiger partial charge in [-0.25, -0.2) is 0 Å². The summed E-state index contributed by atoms with van der Waals surface area (Å²) in [5.41, 5.74) is 0.911. The smallest absolute Gasteiger partial charge is 0.261 e. The van der Waals surface area contributed by atoms with Gasteiger partial charge in [0, 0.05) is 22.6 Å². The standard InChI is InChI=1S/C22H25Br2ClN2O3/c1-14(2)11-26-22(29)15(3)27(12-16-5-4-6-17(23)9-16)21(28)13-30-20-8-7-18(25)10-19(20)24/h4-10,14-15H,11-13H2,1-3H3,(H,26,29)/t15-/m1/s1. The summed E-state index contributed by atoms with van der Waals surface area (Å²) in [6.07, 6.45) is 0. The van der Waals surface area contributed by atoms with E-state index in [0.717, 1.165) is 10.0 Å². The Bertz CT molecular complexity index is 892. The van der Waals surface area contributed by atoms with Gasteiger partial charge in [0.25, 0.3) is 5.91 Å². The first kappa shape index (κ1) is 24.7. The van der Waals surface area contributed by atoms with Gasteiger partial charge in [-0.05, 0) is 64.7 Å². The van der Waals surface area contributed by atoms with Crippen LogP contribution in [0.15, 0.2) is 51.4 Å². The van der Waals surface area contributed by atoms with Gasteiger partial charge >= 0.3 is 0 Å². The van der Waals surface area contributed by atoms with E-state index in [-0.39, 0.29) is 18.4 Å². The van der Waals surface area contributed by atoms with E-state index in [1.54, 1.807) is 25.1 Å². The molecule has 2 aromatic carbocycles. The molecule has 0 heterocycles. The van der Waals surface area contributed by atoms with Crippen LogP contribution in [-0.2, 0) is 16.1 Å². The summed E-state index contributed by atoms with van der Waals surface area (Å²) < 4.78 is 7.25. The van der Waals surface area contributed by atoms with Crippen LogP contribution in [0.5, 0.6) is 5.75 Å². The lowest BCUT2D eigenvalue weighted by atomic mass is 10.1. The first-order valence-electron chi connectivity index (χ1n) is 9.57. The van der Waals surface area contributed by atoms with Gasteiger partial charge in [0.1, 0.15) is 11.8 Å². The van der Waals surface area contributed by atoms with Crippen molar-refractivity contribution in [3.05, 3.63) is 62.0 Å². The van der Waals surface area contributed by atoms with Gasteiger partial charge in [0.2, 0.25) is 5.91 Å². The number of carbonyl (C=O) groups is 2. The molecule has 8 heteroatoms. The van der Waals surface area contributed by atoms with Crippen molar-refractivity contribution in [3.8, 4) is 5.75 Å². The predicted molar refractivity (Wildman–Crippen MR) is 127 cm³/mol. The molecule has 162 valence electrons.